The fraction of sp³-hybridized carbons (Fsp3) is 0.158. The second-order valence-corrected chi connectivity index (χ2v) is 9.39. The molecule has 170 valence electrons. The third kappa shape index (κ3) is 4.17. The zero-order chi connectivity index (χ0) is 23.9. The van der Waals surface area contributed by atoms with Crippen LogP contribution in [0.1, 0.15) is 12.7 Å². The maximum atomic E-state index is 12.4. The first-order valence-corrected chi connectivity index (χ1v) is 12.0. The molecule has 0 unspecified atom stereocenters. The Kier molecular flexibility index (Phi) is 5.63. The quantitative estimate of drug-likeness (QED) is 0.287. The lowest BCUT2D eigenvalue weighted by Gasteiger charge is -2.23. The minimum absolute atomic E-state index is 0.0345. The van der Waals surface area contributed by atoms with E-state index in [0.29, 0.717) is 24.3 Å². The highest BCUT2D eigenvalue weighted by Gasteiger charge is 2.41. The highest BCUT2D eigenvalue weighted by Crippen LogP contribution is 2.35. The summed E-state index contributed by atoms with van der Waals surface area (Å²) in [4.78, 5) is 28.2. The van der Waals surface area contributed by atoms with Crippen molar-refractivity contribution < 1.29 is 27.3 Å². The maximum absolute atomic E-state index is 12.4. The Morgan fingerprint density at radius 2 is 2.09 bits per heavy atom. The third-order valence-electron chi connectivity index (χ3n) is 4.48. The molecule has 0 saturated heterocycles. The Bertz CT molecular complexity index is 1410. The van der Waals surface area contributed by atoms with Crippen LogP contribution in [-0.2, 0) is 14.6 Å². The molecule has 0 atom stereocenters. The van der Waals surface area contributed by atoms with Gasteiger partial charge in [-0.3, -0.25) is 20.3 Å². The predicted octanol–water partition coefficient (Wildman–Crippen LogP) is 2.87. The number of amidine groups is 3. The van der Waals surface area contributed by atoms with Gasteiger partial charge in [0.15, 0.2) is 0 Å². The van der Waals surface area contributed by atoms with Crippen LogP contribution in [0.25, 0.3) is 17.4 Å². The van der Waals surface area contributed by atoms with Crippen LogP contribution in [0.2, 0.25) is 0 Å². The molecule has 3 heterocycles. The molecule has 1 N–H and O–H groups in total. The van der Waals surface area contributed by atoms with Gasteiger partial charge < -0.3 is 9.15 Å². The molecule has 14 heteroatoms. The van der Waals surface area contributed by atoms with Crippen LogP contribution < -0.4 is 4.74 Å². The number of benzene rings is 1. The number of nitro groups is 1. The van der Waals surface area contributed by atoms with Crippen molar-refractivity contribution in [3.8, 4) is 17.1 Å². The lowest BCUT2D eigenvalue weighted by Crippen LogP contribution is -2.45. The van der Waals surface area contributed by atoms with Crippen molar-refractivity contribution in [1.29, 1.82) is 5.41 Å². The topological polar surface area (TPSA) is 169 Å². The zero-order valence-electron chi connectivity index (χ0n) is 17.1. The van der Waals surface area contributed by atoms with Crippen molar-refractivity contribution in [2.45, 2.75) is 6.92 Å². The predicted molar refractivity (Wildman–Crippen MR) is 122 cm³/mol. The molecule has 12 nitrogen and oxygen atoms in total. The number of amides is 1. The number of nitrogens with one attached hydrogen (secondary N) is 1. The molecule has 1 aromatic carbocycles. The van der Waals surface area contributed by atoms with Gasteiger partial charge in [0.25, 0.3) is 11.6 Å². The number of hydrogen-bond donors (Lipinski definition) is 1. The van der Waals surface area contributed by atoms with Gasteiger partial charge in [0, 0.05) is 6.26 Å². The molecule has 2 aromatic rings. The van der Waals surface area contributed by atoms with E-state index in [9.17, 15) is 23.3 Å². The smallest absolute Gasteiger partial charge is 0.284 e. The monoisotopic (exact) mass is 489 g/mol. The summed E-state index contributed by atoms with van der Waals surface area (Å²) in [6.07, 6.45) is 2.16. The summed E-state index contributed by atoms with van der Waals surface area (Å²) >= 11 is 0.686. The summed E-state index contributed by atoms with van der Waals surface area (Å²) in [5, 5.41) is 19.4. The molecule has 0 saturated carbocycles. The number of fused-ring (bicyclic) bond motifs is 1. The Morgan fingerprint density at radius 1 is 1.33 bits per heavy atom. The van der Waals surface area contributed by atoms with Gasteiger partial charge in [0.1, 0.15) is 23.1 Å². The SMILES string of the molecule is CCOc1ccc(-c2ccc(/C=C3/C(=N)N4C(=NC3=O)SN=C4S(C)(=O)=O)o2)c([N+](=O)[O-])c1. The second kappa shape index (κ2) is 8.29. The first kappa shape index (κ1) is 22.4. The van der Waals surface area contributed by atoms with E-state index in [0.717, 1.165) is 11.2 Å². The molecule has 33 heavy (non-hydrogen) atoms. The van der Waals surface area contributed by atoms with Crippen LogP contribution >= 0.6 is 11.9 Å². The Balaban J connectivity index is 1.70. The number of carbonyl (C=O) groups is 1. The first-order chi connectivity index (χ1) is 15.6. The van der Waals surface area contributed by atoms with Gasteiger partial charge in [-0.25, -0.2) is 13.3 Å². The number of carbonyl (C=O) groups excluding carboxylic acids is 1. The molecule has 0 aliphatic carbocycles. The summed E-state index contributed by atoms with van der Waals surface area (Å²) in [5.74, 6) is -0.586. The van der Waals surface area contributed by atoms with Gasteiger partial charge >= 0.3 is 0 Å². The van der Waals surface area contributed by atoms with Crippen LogP contribution in [0.4, 0.5) is 5.69 Å². The number of ether oxygens (including phenoxy) is 1. The molecule has 1 aromatic heterocycles. The standard InChI is InChI=1S/C19H15N5O7S2/c1-3-30-10-4-6-12(14(9-10)24(26)27)15-7-5-11(31-15)8-13-16(20)23-18(21-17(13)25)32-22-19(23)33(2,28)29/h4-9,20H,3H2,1-2H3/b13-8-,20-16?. The normalized spacial score (nSPS) is 17.2. The number of aliphatic imine (C=N–C) groups is 1. The summed E-state index contributed by atoms with van der Waals surface area (Å²) in [6, 6.07) is 7.29. The molecule has 0 fully saturated rings. The second-order valence-electron chi connectivity index (χ2n) is 6.75. The molecule has 2 aliphatic heterocycles. The van der Waals surface area contributed by atoms with Crippen molar-refractivity contribution in [2.75, 3.05) is 12.9 Å². The molecular formula is C19H15N5O7S2. The van der Waals surface area contributed by atoms with Crippen molar-refractivity contribution in [2.24, 2.45) is 9.39 Å². The molecule has 0 spiro atoms. The van der Waals surface area contributed by atoms with Crippen LogP contribution in [0.5, 0.6) is 5.75 Å². The third-order valence-corrected chi connectivity index (χ3v) is 6.24. The molecule has 2 aliphatic rings. The van der Waals surface area contributed by atoms with Crippen LogP contribution in [0.3, 0.4) is 0 Å². The van der Waals surface area contributed by atoms with E-state index in [-0.39, 0.29) is 33.5 Å². The number of hydrogen-bond acceptors (Lipinski definition) is 10. The van der Waals surface area contributed by atoms with Gasteiger partial charge in [-0.2, -0.15) is 9.39 Å². The van der Waals surface area contributed by atoms with Crippen LogP contribution in [-0.4, -0.2) is 53.2 Å². The van der Waals surface area contributed by atoms with E-state index in [4.69, 9.17) is 14.6 Å². The van der Waals surface area contributed by atoms with E-state index in [1.165, 1.54) is 30.3 Å². The summed E-state index contributed by atoms with van der Waals surface area (Å²) in [5.41, 5.74) is -0.256. The average Bonchev–Trinajstić information content (AvgIpc) is 3.38. The highest BCUT2D eigenvalue weighted by atomic mass is 32.2. The lowest BCUT2D eigenvalue weighted by molar-refractivity contribution is -0.384. The van der Waals surface area contributed by atoms with E-state index < -0.39 is 31.7 Å². The molecule has 4 rings (SSSR count). The number of nitro benzene ring substituents is 1. The number of rotatable bonds is 5. The highest BCUT2D eigenvalue weighted by molar-refractivity contribution is 8.16. The number of furan rings is 1. The Hall–Kier alpha value is -3.78. The van der Waals surface area contributed by atoms with Gasteiger partial charge in [-0.05, 0) is 37.3 Å². The zero-order valence-corrected chi connectivity index (χ0v) is 18.8. The van der Waals surface area contributed by atoms with Crippen molar-refractivity contribution >= 4 is 55.6 Å². The van der Waals surface area contributed by atoms with Crippen LogP contribution in [0.15, 0.2) is 49.7 Å². The molecule has 0 radical (unpaired) electrons. The van der Waals surface area contributed by atoms with Crippen molar-refractivity contribution in [3.63, 3.8) is 0 Å². The summed E-state index contributed by atoms with van der Waals surface area (Å²) in [6.45, 7) is 2.11. The number of nitrogens with zero attached hydrogens (tertiary/aromatic N) is 4. The largest absolute Gasteiger partial charge is 0.494 e. The van der Waals surface area contributed by atoms with Gasteiger partial charge in [0.05, 0.1) is 40.7 Å². The molecule has 0 bridgehead atoms. The Labute approximate surface area is 191 Å². The first-order valence-electron chi connectivity index (χ1n) is 9.30. The van der Waals surface area contributed by atoms with Crippen LogP contribution in [0, 0.1) is 15.5 Å². The summed E-state index contributed by atoms with van der Waals surface area (Å²) < 4.78 is 38.7. The number of sulfone groups is 1. The lowest BCUT2D eigenvalue weighted by atomic mass is 10.1. The van der Waals surface area contributed by atoms with Crippen molar-refractivity contribution in [1.82, 2.24) is 4.90 Å². The van der Waals surface area contributed by atoms with E-state index in [1.807, 2.05) is 0 Å². The fourth-order valence-electron chi connectivity index (χ4n) is 3.08. The van der Waals surface area contributed by atoms with Gasteiger partial charge in [-0.1, -0.05) is 0 Å². The van der Waals surface area contributed by atoms with Crippen molar-refractivity contribution in [3.05, 3.63) is 51.8 Å². The average molecular weight is 489 g/mol. The van der Waals surface area contributed by atoms with Gasteiger partial charge in [-0.15, -0.1) is 0 Å². The Morgan fingerprint density at radius 3 is 2.76 bits per heavy atom. The van der Waals surface area contributed by atoms with E-state index in [2.05, 4.69) is 9.39 Å². The van der Waals surface area contributed by atoms with Gasteiger partial charge in [0.2, 0.25) is 20.2 Å². The van der Waals surface area contributed by atoms with E-state index in [1.54, 1.807) is 13.0 Å². The molecular weight excluding hydrogens is 474 g/mol. The minimum atomic E-state index is -3.77. The fourth-order valence-corrected chi connectivity index (χ4v) is 4.93. The summed E-state index contributed by atoms with van der Waals surface area (Å²) in [7, 11) is -3.77. The molecule has 1 amide bonds. The minimum Gasteiger partial charge on any atom is -0.494 e. The van der Waals surface area contributed by atoms with E-state index >= 15 is 0 Å². The maximum Gasteiger partial charge on any atom is 0.284 e.